The van der Waals surface area contributed by atoms with E-state index < -0.39 is 0 Å². The highest BCUT2D eigenvalue weighted by Crippen LogP contribution is 2.37. The Kier molecular flexibility index (Phi) is 7.24. The van der Waals surface area contributed by atoms with E-state index in [2.05, 4.69) is 36.2 Å². The summed E-state index contributed by atoms with van der Waals surface area (Å²) in [7, 11) is 1.46. The molecule has 1 heterocycles. The highest BCUT2D eigenvalue weighted by atomic mass is 16.5. The van der Waals surface area contributed by atoms with Crippen LogP contribution < -0.4 is 5.73 Å². The van der Waals surface area contributed by atoms with Crippen LogP contribution in [0.1, 0.15) is 75.8 Å². The van der Waals surface area contributed by atoms with Crippen LogP contribution in [0.25, 0.3) is 5.57 Å². The number of aliphatic imine (C=N–C) groups is 1. The number of methoxy groups -OCH3 is 1. The van der Waals surface area contributed by atoms with Crippen LogP contribution in [0.15, 0.2) is 46.1 Å². The second kappa shape index (κ2) is 9.88. The average Bonchev–Trinajstić information content (AvgIpc) is 2.73. The number of nitrogens with zero attached hydrogens (tertiary/aromatic N) is 1. The van der Waals surface area contributed by atoms with Gasteiger partial charge in [-0.1, -0.05) is 29.8 Å². The zero-order valence-corrected chi connectivity index (χ0v) is 18.2. The van der Waals surface area contributed by atoms with Gasteiger partial charge in [0.1, 0.15) is 0 Å². The number of primary amides is 1. The van der Waals surface area contributed by atoms with Crippen LogP contribution in [0.4, 0.5) is 0 Å². The first-order valence-corrected chi connectivity index (χ1v) is 10.8. The van der Waals surface area contributed by atoms with Crippen LogP contribution in [0.5, 0.6) is 0 Å². The van der Waals surface area contributed by atoms with Crippen molar-refractivity contribution in [2.24, 2.45) is 16.6 Å². The molecule has 0 atom stereocenters. The fourth-order valence-corrected chi connectivity index (χ4v) is 4.55. The molecule has 1 aromatic rings. The van der Waals surface area contributed by atoms with Crippen LogP contribution >= 0.6 is 0 Å². The smallest absolute Gasteiger partial charge is 0.305 e. The van der Waals surface area contributed by atoms with Gasteiger partial charge in [-0.05, 0) is 80.9 Å². The van der Waals surface area contributed by atoms with E-state index >= 15 is 0 Å². The Morgan fingerprint density at radius 2 is 1.73 bits per heavy atom. The number of ether oxygens (including phenoxy) is 1. The molecule has 0 radical (unpaired) electrons. The van der Waals surface area contributed by atoms with Gasteiger partial charge in [-0.25, -0.2) is 0 Å². The number of amides is 1. The van der Waals surface area contributed by atoms with Gasteiger partial charge in [-0.2, -0.15) is 0 Å². The zero-order valence-electron chi connectivity index (χ0n) is 18.2. The molecule has 1 aliphatic heterocycles. The Bertz CT molecular complexity index is 885. The van der Waals surface area contributed by atoms with Crippen molar-refractivity contribution in [1.82, 2.24) is 0 Å². The molecule has 0 saturated heterocycles. The van der Waals surface area contributed by atoms with Gasteiger partial charge >= 0.3 is 5.97 Å². The van der Waals surface area contributed by atoms with E-state index in [1.54, 1.807) is 0 Å². The van der Waals surface area contributed by atoms with Crippen molar-refractivity contribution in [3.05, 3.63) is 52.2 Å². The molecule has 0 unspecified atom stereocenters. The summed E-state index contributed by atoms with van der Waals surface area (Å²) >= 11 is 0. The number of benzene rings is 1. The summed E-state index contributed by atoms with van der Waals surface area (Å²) in [4.78, 5) is 27.6. The third-order valence-electron chi connectivity index (χ3n) is 6.55. The first-order chi connectivity index (χ1) is 14.4. The molecule has 0 spiro atoms. The number of rotatable bonds is 5. The Labute approximate surface area is 179 Å². The lowest BCUT2D eigenvalue weighted by molar-refractivity contribution is -0.142. The molecule has 1 aromatic carbocycles. The van der Waals surface area contributed by atoms with Crippen molar-refractivity contribution in [2.45, 2.75) is 64.7 Å². The van der Waals surface area contributed by atoms with Crippen molar-refractivity contribution in [3.63, 3.8) is 0 Å². The van der Waals surface area contributed by atoms with E-state index in [-0.39, 0.29) is 11.9 Å². The monoisotopic (exact) mass is 408 g/mol. The summed E-state index contributed by atoms with van der Waals surface area (Å²) in [5.41, 5.74) is 11.6. The van der Waals surface area contributed by atoms with E-state index in [0.717, 1.165) is 43.2 Å². The molecule has 1 saturated carbocycles. The second-order valence-electron chi connectivity index (χ2n) is 8.50. The number of hydrogen-bond donors (Lipinski definition) is 1. The summed E-state index contributed by atoms with van der Waals surface area (Å²) in [6, 6.07) is 8.81. The molecule has 160 valence electrons. The largest absolute Gasteiger partial charge is 0.469 e. The minimum atomic E-state index is -0.383. The highest BCUT2D eigenvalue weighted by Gasteiger charge is 2.24. The topological polar surface area (TPSA) is 81.8 Å². The molecule has 1 aliphatic carbocycles. The first-order valence-electron chi connectivity index (χ1n) is 10.8. The van der Waals surface area contributed by atoms with Crippen LogP contribution in [0.2, 0.25) is 0 Å². The average molecular weight is 409 g/mol. The van der Waals surface area contributed by atoms with Crippen LogP contribution in [-0.4, -0.2) is 25.2 Å². The van der Waals surface area contributed by atoms with Gasteiger partial charge < -0.3 is 10.5 Å². The minimum absolute atomic E-state index is 0.0969. The molecule has 5 heteroatoms. The van der Waals surface area contributed by atoms with Crippen molar-refractivity contribution >= 4 is 23.7 Å². The normalized spacial score (nSPS) is 22.5. The summed E-state index contributed by atoms with van der Waals surface area (Å²) < 4.78 is 4.81. The molecule has 2 aliphatic rings. The summed E-state index contributed by atoms with van der Waals surface area (Å²) in [5.74, 6) is 0.526. The van der Waals surface area contributed by atoms with Crippen molar-refractivity contribution < 1.29 is 14.3 Å². The van der Waals surface area contributed by atoms with E-state index in [0.29, 0.717) is 35.9 Å². The quantitative estimate of drug-likeness (QED) is 0.702. The Balaban J connectivity index is 1.69. The van der Waals surface area contributed by atoms with E-state index in [1.165, 1.54) is 18.2 Å². The summed E-state index contributed by atoms with van der Waals surface area (Å²) in [6.45, 7) is 3.94. The lowest BCUT2D eigenvalue weighted by Gasteiger charge is -2.28. The number of nitrogens with two attached hydrogens (primary N) is 1. The van der Waals surface area contributed by atoms with E-state index in [1.807, 2.05) is 13.1 Å². The van der Waals surface area contributed by atoms with Gasteiger partial charge in [0, 0.05) is 23.9 Å². The molecule has 0 bridgehead atoms. The van der Waals surface area contributed by atoms with Crippen molar-refractivity contribution in [1.29, 1.82) is 0 Å². The van der Waals surface area contributed by atoms with Gasteiger partial charge in [0.2, 0.25) is 5.91 Å². The maximum atomic E-state index is 11.6. The van der Waals surface area contributed by atoms with Crippen molar-refractivity contribution in [3.8, 4) is 0 Å². The predicted octanol–water partition coefficient (Wildman–Crippen LogP) is 4.92. The number of carbonyl (C=O) groups excluding carboxylic acids is 2. The minimum Gasteiger partial charge on any atom is -0.469 e. The van der Waals surface area contributed by atoms with Crippen LogP contribution in [0, 0.1) is 5.92 Å². The maximum absolute atomic E-state index is 11.6. The maximum Gasteiger partial charge on any atom is 0.305 e. The molecule has 1 amide bonds. The molecule has 5 nitrogen and oxygen atoms in total. The zero-order chi connectivity index (χ0) is 21.7. The van der Waals surface area contributed by atoms with Gasteiger partial charge in [-0.15, -0.1) is 0 Å². The molecule has 1 fully saturated rings. The fraction of sp³-hybridized carbons (Fsp3) is 0.480. The standard InChI is InChI=1S/C25H32N2O3/c1-16-4-13-22(25(26)29)17(2)27-15-23(16)21-11-9-20(10-12-21)19-7-5-18(6-8-19)14-24(28)30-3/h9-12,15,18-19H,4-8,13-14H2,1-3H3,(H2,26,29). The summed E-state index contributed by atoms with van der Waals surface area (Å²) in [6.07, 6.45) is 8.20. The molecule has 30 heavy (non-hydrogen) atoms. The molecule has 0 aromatic heterocycles. The molecule has 3 rings (SSSR count). The van der Waals surface area contributed by atoms with Crippen molar-refractivity contribution in [2.75, 3.05) is 7.11 Å². The number of hydrogen-bond acceptors (Lipinski definition) is 4. The summed E-state index contributed by atoms with van der Waals surface area (Å²) in [5, 5.41) is 0. The van der Waals surface area contributed by atoms with E-state index in [4.69, 9.17) is 10.5 Å². The van der Waals surface area contributed by atoms with Gasteiger partial charge in [0.05, 0.1) is 7.11 Å². The molecular formula is C25H32N2O3. The molecular weight excluding hydrogens is 376 g/mol. The fourth-order valence-electron chi connectivity index (χ4n) is 4.55. The lowest BCUT2D eigenvalue weighted by Crippen LogP contribution is -2.17. The highest BCUT2D eigenvalue weighted by molar-refractivity contribution is 6.11. The lowest BCUT2D eigenvalue weighted by atomic mass is 9.77. The first kappa shape index (κ1) is 22.0. The SMILES string of the molecule is COC(=O)CC1CCC(c2ccc(C3=C(C)CCC(C(N)=O)=C(C)N=C3)cc2)CC1. The predicted molar refractivity (Wildman–Crippen MR) is 120 cm³/mol. The van der Waals surface area contributed by atoms with Gasteiger partial charge in [0.25, 0.3) is 0 Å². The second-order valence-corrected chi connectivity index (χ2v) is 8.50. The van der Waals surface area contributed by atoms with Crippen LogP contribution in [-0.2, 0) is 14.3 Å². The van der Waals surface area contributed by atoms with E-state index in [9.17, 15) is 9.59 Å². The Morgan fingerprint density at radius 3 is 2.33 bits per heavy atom. The number of carbonyl (C=O) groups is 2. The third kappa shape index (κ3) is 5.26. The number of esters is 1. The molecule has 2 N–H and O–H groups in total. The van der Waals surface area contributed by atoms with Gasteiger partial charge in [0.15, 0.2) is 0 Å². The van der Waals surface area contributed by atoms with Crippen LogP contribution in [0.3, 0.4) is 0 Å². The number of allylic oxidation sites excluding steroid dienone is 3. The Hall–Kier alpha value is -2.69. The Morgan fingerprint density at radius 1 is 1.07 bits per heavy atom. The van der Waals surface area contributed by atoms with Gasteiger partial charge in [-0.3, -0.25) is 14.6 Å². The third-order valence-corrected chi connectivity index (χ3v) is 6.55.